The zero-order valence-corrected chi connectivity index (χ0v) is 20.9. The van der Waals surface area contributed by atoms with Gasteiger partial charge in [-0.05, 0) is 42.0 Å². The molecule has 0 saturated heterocycles. The third kappa shape index (κ3) is 5.85. The van der Waals surface area contributed by atoms with E-state index < -0.39 is 0 Å². The van der Waals surface area contributed by atoms with E-state index in [9.17, 15) is 0 Å². The Bertz CT molecular complexity index is 750. The van der Waals surface area contributed by atoms with Gasteiger partial charge in [-0.15, -0.1) is 0 Å². The Morgan fingerprint density at radius 3 is 1.68 bits per heavy atom. The first-order valence-corrected chi connectivity index (χ1v) is 13.3. The molecule has 0 N–H and O–H groups in total. The molecule has 0 nitrogen and oxygen atoms in total. The van der Waals surface area contributed by atoms with Crippen LogP contribution in [0.4, 0.5) is 0 Å². The van der Waals surface area contributed by atoms with Gasteiger partial charge in [-0.1, -0.05) is 138 Å². The first-order chi connectivity index (χ1) is 15.1. The van der Waals surface area contributed by atoms with Crippen LogP contribution in [-0.2, 0) is 5.41 Å². The fourth-order valence-electron chi connectivity index (χ4n) is 5.80. The number of unbranched alkanes of at least 4 members (excludes halogenated alkanes) is 10. The summed E-state index contributed by atoms with van der Waals surface area (Å²) in [6.45, 7) is 6.90. The lowest BCUT2D eigenvalue weighted by Gasteiger charge is -2.33. The van der Waals surface area contributed by atoms with E-state index in [-0.39, 0.29) is 5.41 Å². The second-order valence-electron chi connectivity index (χ2n) is 10.2. The molecule has 3 rings (SSSR count). The van der Waals surface area contributed by atoms with E-state index in [4.69, 9.17) is 0 Å². The lowest BCUT2D eigenvalue weighted by atomic mass is 9.69. The topological polar surface area (TPSA) is 0 Å². The summed E-state index contributed by atoms with van der Waals surface area (Å²) in [5.41, 5.74) is 9.36. The summed E-state index contributed by atoms with van der Waals surface area (Å²) in [6.07, 6.45) is 19.2. The van der Waals surface area contributed by atoms with Crippen molar-refractivity contribution in [3.8, 4) is 11.1 Å². The fraction of sp³-hybridized carbons (Fsp3) is 0.600. The van der Waals surface area contributed by atoms with E-state index in [0.29, 0.717) is 0 Å². The highest BCUT2D eigenvalue weighted by molar-refractivity contribution is 6.32. The van der Waals surface area contributed by atoms with Crippen LogP contribution in [0.3, 0.4) is 0 Å². The van der Waals surface area contributed by atoms with Crippen LogP contribution in [0.2, 0.25) is 0 Å². The molecule has 0 amide bonds. The molecule has 0 radical (unpaired) electrons. The molecule has 2 aromatic rings. The molecular formula is C30H45B. The van der Waals surface area contributed by atoms with Gasteiger partial charge in [0.05, 0.1) is 0 Å². The lowest BCUT2D eigenvalue weighted by Crippen LogP contribution is -2.26. The van der Waals surface area contributed by atoms with Crippen molar-refractivity contribution < 1.29 is 0 Å². The maximum absolute atomic E-state index is 2.53. The number of aryl methyl sites for hydroxylation is 1. The zero-order chi connectivity index (χ0) is 22.1. The fourth-order valence-corrected chi connectivity index (χ4v) is 5.80. The third-order valence-electron chi connectivity index (χ3n) is 7.59. The van der Waals surface area contributed by atoms with Crippen molar-refractivity contribution in [1.82, 2.24) is 0 Å². The maximum Gasteiger partial charge on any atom is 0.139 e. The average molecular weight is 417 g/mol. The summed E-state index contributed by atoms with van der Waals surface area (Å²) in [5, 5.41) is 0. The molecule has 1 aliphatic rings. The predicted octanol–water partition coefficient (Wildman–Crippen LogP) is 8.02. The van der Waals surface area contributed by atoms with Crippen LogP contribution in [0.1, 0.15) is 120 Å². The summed E-state index contributed by atoms with van der Waals surface area (Å²) >= 11 is 0. The summed E-state index contributed by atoms with van der Waals surface area (Å²) in [7, 11) is 2.27. The van der Waals surface area contributed by atoms with Crippen molar-refractivity contribution in [3.05, 3.63) is 53.1 Å². The molecular weight excluding hydrogens is 371 g/mol. The van der Waals surface area contributed by atoms with Gasteiger partial charge in [0.1, 0.15) is 7.85 Å². The van der Waals surface area contributed by atoms with Gasteiger partial charge < -0.3 is 0 Å². The monoisotopic (exact) mass is 416 g/mol. The lowest BCUT2D eigenvalue weighted by molar-refractivity contribution is 0.398. The van der Waals surface area contributed by atoms with E-state index in [0.717, 1.165) is 0 Å². The minimum absolute atomic E-state index is 0.234. The van der Waals surface area contributed by atoms with E-state index in [2.05, 4.69) is 65.0 Å². The molecule has 0 atom stereocenters. The summed E-state index contributed by atoms with van der Waals surface area (Å²) < 4.78 is 0. The molecule has 1 heteroatoms. The Morgan fingerprint density at radius 1 is 0.613 bits per heavy atom. The second kappa shape index (κ2) is 11.9. The largest absolute Gasteiger partial charge is 0.139 e. The Morgan fingerprint density at radius 2 is 1.10 bits per heavy atom. The van der Waals surface area contributed by atoms with E-state index in [1.165, 1.54) is 112 Å². The Labute approximate surface area is 193 Å². The summed E-state index contributed by atoms with van der Waals surface area (Å²) in [5.74, 6) is 0. The highest BCUT2D eigenvalue weighted by Crippen LogP contribution is 2.54. The first-order valence-electron chi connectivity index (χ1n) is 13.3. The van der Waals surface area contributed by atoms with Gasteiger partial charge >= 0.3 is 0 Å². The molecule has 2 aromatic carbocycles. The summed E-state index contributed by atoms with van der Waals surface area (Å²) in [6, 6.07) is 14.5. The van der Waals surface area contributed by atoms with E-state index in [1.54, 1.807) is 11.1 Å². The Hall–Kier alpha value is -1.50. The Kier molecular flexibility index (Phi) is 9.30. The van der Waals surface area contributed by atoms with Crippen LogP contribution < -0.4 is 5.46 Å². The van der Waals surface area contributed by atoms with Crippen molar-refractivity contribution in [2.45, 2.75) is 116 Å². The molecule has 0 fully saturated rings. The highest BCUT2D eigenvalue weighted by Gasteiger charge is 2.42. The third-order valence-corrected chi connectivity index (χ3v) is 7.59. The van der Waals surface area contributed by atoms with Gasteiger partial charge in [0.25, 0.3) is 0 Å². The molecule has 0 aromatic heterocycles. The van der Waals surface area contributed by atoms with Gasteiger partial charge in [0.15, 0.2) is 0 Å². The van der Waals surface area contributed by atoms with Gasteiger partial charge in [0.2, 0.25) is 0 Å². The number of hydrogen-bond donors (Lipinski definition) is 0. The SMILES string of the molecule is Bc1ccc2c(c1)C(CCCCCCCC)(CCCCCCCC)c1cc(C)ccc1-2. The first kappa shape index (κ1) is 24.2. The number of rotatable bonds is 14. The summed E-state index contributed by atoms with van der Waals surface area (Å²) in [4.78, 5) is 0. The van der Waals surface area contributed by atoms with E-state index in [1.807, 2.05) is 0 Å². The molecule has 0 unspecified atom stereocenters. The zero-order valence-electron chi connectivity index (χ0n) is 20.9. The van der Waals surface area contributed by atoms with Gasteiger partial charge in [0, 0.05) is 5.41 Å². The number of benzene rings is 2. The molecule has 0 aliphatic heterocycles. The van der Waals surface area contributed by atoms with Crippen molar-refractivity contribution in [2.24, 2.45) is 0 Å². The smallest absolute Gasteiger partial charge is 0.0886 e. The van der Waals surface area contributed by atoms with Crippen molar-refractivity contribution >= 4 is 13.3 Å². The van der Waals surface area contributed by atoms with E-state index >= 15 is 0 Å². The van der Waals surface area contributed by atoms with Crippen LogP contribution in [0.25, 0.3) is 11.1 Å². The predicted molar refractivity (Wildman–Crippen MR) is 142 cm³/mol. The minimum atomic E-state index is 0.234. The van der Waals surface area contributed by atoms with Gasteiger partial charge in [-0.25, -0.2) is 0 Å². The van der Waals surface area contributed by atoms with Crippen LogP contribution >= 0.6 is 0 Å². The number of fused-ring (bicyclic) bond motifs is 3. The molecule has 0 saturated carbocycles. The van der Waals surface area contributed by atoms with Crippen molar-refractivity contribution in [1.29, 1.82) is 0 Å². The van der Waals surface area contributed by atoms with Crippen LogP contribution in [0.5, 0.6) is 0 Å². The molecule has 31 heavy (non-hydrogen) atoms. The van der Waals surface area contributed by atoms with Crippen molar-refractivity contribution in [2.75, 3.05) is 0 Å². The molecule has 0 heterocycles. The average Bonchev–Trinajstić information content (AvgIpc) is 3.02. The molecule has 0 spiro atoms. The minimum Gasteiger partial charge on any atom is -0.0886 e. The molecule has 168 valence electrons. The molecule has 1 aliphatic carbocycles. The van der Waals surface area contributed by atoms with Gasteiger partial charge in [-0.3, -0.25) is 0 Å². The Balaban J connectivity index is 1.85. The van der Waals surface area contributed by atoms with Crippen molar-refractivity contribution in [3.63, 3.8) is 0 Å². The maximum atomic E-state index is 2.53. The van der Waals surface area contributed by atoms with Gasteiger partial charge in [-0.2, -0.15) is 0 Å². The normalized spacial score (nSPS) is 13.9. The number of hydrogen-bond acceptors (Lipinski definition) is 0. The van der Waals surface area contributed by atoms with Crippen LogP contribution in [-0.4, -0.2) is 7.85 Å². The van der Waals surface area contributed by atoms with Crippen LogP contribution in [0.15, 0.2) is 36.4 Å². The highest BCUT2D eigenvalue weighted by atomic mass is 14.4. The van der Waals surface area contributed by atoms with Crippen LogP contribution in [0, 0.1) is 6.92 Å². The quantitative estimate of drug-likeness (QED) is 0.216. The molecule has 0 bridgehead atoms. The standard InChI is InChI=1S/C30H45B/c1-4-6-8-10-12-14-20-30(21-15-13-11-9-7-5-2)28-22-24(3)16-18-26(28)27-19-17-25(31)23-29(27)30/h16-19,22-23H,4-15,20-21,31H2,1-3H3. The second-order valence-corrected chi connectivity index (χ2v) is 10.2.